The van der Waals surface area contributed by atoms with E-state index in [1.807, 2.05) is 11.5 Å². The maximum atomic E-state index is 12.8. The summed E-state index contributed by atoms with van der Waals surface area (Å²) in [6, 6.07) is 10.6. The molecule has 11 heteroatoms. The van der Waals surface area contributed by atoms with E-state index in [1.165, 1.54) is 46.9 Å². The molecule has 2 aromatic heterocycles. The minimum atomic E-state index is -0.479. The lowest BCUT2D eigenvalue weighted by molar-refractivity contribution is -0.384. The van der Waals surface area contributed by atoms with Crippen LogP contribution in [0.2, 0.25) is 0 Å². The second kappa shape index (κ2) is 7.76. The SMILES string of the molecule is CCCn1c(=NC(=O)c2cc3cc([N+](=O)[O-])ccc3s2)sc2cc([N+](=O)[O-])ccc21. The van der Waals surface area contributed by atoms with Gasteiger partial charge >= 0.3 is 0 Å². The number of non-ortho nitro benzene ring substituents is 2. The van der Waals surface area contributed by atoms with Crippen molar-refractivity contribution in [2.24, 2.45) is 4.99 Å². The van der Waals surface area contributed by atoms with Gasteiger partial charge in [0.15, 0.2) is 4.80 Å². The number of hydrogen-bond acceptors (Lipinski definition) is 7. The van der Waals surface area contributed by atoms with Gasteiger partial charge in [0, 0.05) is 40.9 Å². The van der Waals surface area contributed by atoms with Crippen LogP contribution in [0.15, 0.2) is 47.5 Å². The van der Waals surface area contributed by atoms with Crippen molar-refractivity contribution in [2.45, 2.75) is 19.9 Å². The summed E-state index contributed by atoms with van der Waals surface area (Å²) in [6.07, 6.45) is 0.802. The van der Waals surface area contributed by atoms with Crippen molar-refractivity contribution in [3.8, 4) is 0 Å². The van der Waals surface area contributed by atoms with Crippen LogP contribution >= 0.6 is 22.7 Å². The number of hydrogen-bond donors (Lipinski definition) is 0. The molecular formula is C19H14N4O5S2. The first-order valence-corrected chi connectivity index (χ1v) is 10.6. The standard InChI is InChI=1S/C19H14N4O5S2/c1-2-7-21-14-5-3-13(23(27)28)10-16(14)30-19(21)20-18(24)17-9-11-8-12(22(25)26)4-6-15(11)29-17/h3-6,8-10H,2,7H2,1H3. The van der Waals surface area contributed by atoms with Gasteiger partial charge in [-0.25, -0.2) is 0 Å². The van der Waals surface area contributed by atoms with E-state index in [0.717, 1.165) is 16.6 Å². The van der Waals surface area contributed by atoms with Crippen molar-refractivity contribution in [3.05, 3.63) is 72.4 Å². The Morgan fingerprint density at radius 3 is 2.40 bits per heavy atom. The fourth-order valence-electron chi connectivity index (χ4n) is 3.09. The molecule has 0 radical (unpaired) electrons. The largest absolute Gasteiger partial charge is 0.316 e. The molecule has 0 saturated heterocycles. The Morgan fingerprint density at radius 2 is 1.70 bits per heavy atom. The maximum Gasteiger partial charge on any atom is 0.289 e. The molecule has 0 N–H and O–H groups in total. The zero-order chi connectivity index (χ0) is 21.4. The van der Waals surface area contributed by atoms with E-state index in [4.69, 9.17) is 0 Å². The molecule has 0 aliphatic carbocycles. The molecule has 2 aromatic carbocycles. The number of aromatic nitrogens is 1. The molecule has 2 heterocycles. The first-order chi connectivity index (χ1) is 14.4. The number of nitro groups is 2. The molecule has 9 nitrogen and oxygen atoms in total. The highest BCUT2D eigenvalue weighted by Gasteiger charge is 2.15. The molecule has 0 aliphatic heterocycles. The van der Waals surface area contributed by atoms with Gasteiger partial charge in [0.25, 0.3) is 17.3 Å². The van der Waals surface area contributed by atoms with Crippen molar-refractivity contribution in [1.82, 2.24) is 4.57 Å². The summed E-state index contributed by atoms with van der Waals surface area (Å²) >= 11 is 2.44. The fraction of sp³-hybridized carbons (Fsp3) is 0.158. The van der Waals surface area contributed by atoms with Gasteiger partial charge in [0.1, 0.15) is 0 Å². The van der Waals surface area contributed by atoms with Crippen molar-refractivity contribution < 1.29 is 14.6 Å². The number of thiophene rings is 1. The number of rotatable bonds is 5. The minimum absolute atomic E-state index is 0.0172. The summed E-state index contributed by atoms with van der Waals surface area (Å²) in [5, 5.41) is 22.6. The summed E-state index contributed by atoms with van der Waals surface area (Å²) in [5.74, 6) is -0.454. The van der Waals surface area contributed by atoms with E-state index in [1.54, 1.807) is 18.2 Å². The molecule has 0 aliphatic rings. The zero-order valence-electron chi connectivity index (χ0n) is 15.6. The lowest BCUT2D eigenvalue weighted by Crippen LogP contribution is -2.16. The summed E-state index contributed by atoms with van der Waals surface area (Å²) in [4.78, 5) is 39.0. The van der Waals surface area contributed by atoms with E-state index >= 15 is 0 Å². The third-order valence-corrected chi connectivity index (χ3v) is 6.59. The molecule has 0 bridgehead atoms. The van der Waals surface area contributed by atoms with E-state index in [-0.39, 0.29) is 11.4 Å². The summed E-state index contributed by atoms with van der Waals surface area (Å²) in [7, 11) is 0. The summed E-state index contributed by atoms with van der Waals surface area (Å²) < 4.78 is 3.31. The third-order valence-electron chi connectivity index (χ3n) is 4.44. The zero-order valence-corrected chi connectivity index (χ0v) is 17.2. The van der Waals surface area contributed by atoms with Crippen LogP contribution in [-0.4, -0.2) is 20.3 Å². The van der Waals surface area contributed by atoms with Crippen molar-refractivity contribution >= 4 is 60.3 Å². The first kappa shape index (κ1) is 19.9. The van der Waals surface area contributed by atoms with Gasteiger partial charge in [-0.05, 0) is 24.6 Å². The van der Waals surface area contributed by atoms with Crippen molar-refractivity contribution in [1.29, 1.82) is 0 Å². The van der Waals surface area contributed by atoms with Gasteiger partial charge in [-0.3, -0.25) is 25.0 Å². The van der Waals surface area contributed by atoms with E-state index in [0.29, 0.717) is 26.3 Å². The predicted octanol–water partition coefficient (Wildman–Crippen LogP) is 4.89. The molecular weight excluding hydrogens is 428 g/mol. The molecule has 1 amide bonds. The molecule has 0 atom stereocenters. The average Bonchev–Trinajstić information content (AvgIpc) is 3.28. The Hall–Kier alpha value is -3.44. The van der Waals surface area contributed by atoms with Gasteiger partial charge in [0.2, 0.25) is 0 Å². The topological polar surface area (TPSA) is 121 Å². The number of nitro benzene ring substituents is 2. The Kier molecular flexibility index (Phi) is 5.14. The second-order valence-corrected chi connectivity index (χ2v) is 8.55. The Morgan fingerprint density at radius 1 is 1.00 bits per heavy atom. The van der Waals surface area contributed by atoms with Crippen LogP contribution < -0.4 is 4.80 Å². The molecule has 4 rings (SSSR count). The molecule has 0 unspecified atom stereocenters. The van der Waals surface area contributed by atoms with Gasteiger partial charge in [-0.15, -0.1) is 11.3 Å². The number of fused-ring (bicyclic) bond motifs is 2. The highest BCUT2D eigenvalue weighted by Crippen LogP contribution is 2.29. The summed E-state index contributed by atoms with van der Waals surface area (Å²) in [5.41, 5.74) is 0.727. The number of thiazole rings is 1. The normalized spacial score (nSPS) is 12.0. The van der Waals surface area contributed by atoms with Gasteiger partial charge in [-0.1, -0.05) is 18.3 Å². The van der Waals surface area contributed by atoms with E-state index in [2.05, 4.69) is 4.99 Å². The van der Waals surface area contributed by atoms with Crippen LogP contribution in [0.5, 0.6) is 0 Å². The van der Waals surface area contributed by atoms with Gasteiger partial charge in [-0.2, -0.15) is 4.99 Å². The number of amides is 1. The molecule has 4 aromatic rings. The second-order valence-electron chi connectivity index (χ2n) is 6.45. The van der Waals surface area contributed by atoms with Crippen LogP contribution in [-0.2, 0) is 6.54 Å². The van der Waals surface area contributed by atoms with E-state index < -0.39 is 15.8 Å². The van der Waals surface area contributed by atoms with Crippen LogP contribution in [0.25, 0.3) is 20.3 Å². The first-order valence-electron chi connectivity index (χ1n) is 8.92. The average molecular weight is 442 g/mol. The van der Waals surface area contributed by atoms with Gasteiger partial charge in [0.05, 0.1) is 24.9 Å². The van der Waals surface area contributed by atoms with Gasteiger partial charge < -0.3 is 4.57 Å². The molecule has 152 valence electrons. The van der Waals surface area contributed by atoms with Crippen molar-refractivity contribution in [2.75, 3.05) is 0 Å². The number of benzene rings is 2. The smallest absolute Gasteiger partial charge is 0.289 e. The molecule has 0 saturated carbocycles. The highest BCUT2D eigenvalue weighted by atomic mass is 32.1. The fourth-order valence-corrected chi connectivity index (χ4v) is 5.11. The van der Waals surface area contributed by atoms with E-state index in [9.17, 15) is 25.0 Å². The number of aryl methyl sites for hydroxylation is 1. The Labute approximate surface area is 176 Å². The molecule has 30 heavy (non-hydrogen) atoms. The van der Waals surface area contributed by atoms with Crippen molar-refractivity contribution in [3.63, 3.8) is 0 Å². The Balaban J connectivity index is 1.80. The number of carbonyl (C=O) groups is 1. The highest BCUT2D eigenvalue weighted by molar-refractivity contribution is 7.21. The van der Waals surface area contributed by atoms with Crippen LogP contribution in [0.3, 0.4) is 0 Å². The molecule has 0 fully saturated rings. The predicted molar refractivity (Wildman–Crippen MR) is 115 cm³/mol. The van der Waals surface area contributed by atoms with Crippen LogP contribution in [0.4, 0.5) is 11.4 Å². The maximum absolute atomic E-state index is 12.8. The van der Waals surface area contributed by atoms with Crippen LogP contribution in [0, 0.1) is 20.2 Å². The lowest BCUT2D eigenvalue weighted by Gasteiger charge is -2.02. The number of nitrogens with zero attached hydrogens (tertiary/aromatic N) is 4. The monoisotopic (exact) mass is 442 g/mol. The van der Waals surface area contributed by atoms with Crippen LogP contribution in [0.1, 0.15) is 23.0 Å². The Bertz CT molecular complexity index is 1400. The number of carbonyl (C=O) groups excluding carboxylic acids is 1. The molecule has 0 spiro atoms. The quantitative estimate of drug-likeness (QED) is 0.322. The lowest BCUT2D eigenvalue weighted by atomic mass is 10.2. The third kappa shape index (κ3) is 3.60. The summed E-state index contributed by atoms with van der Waals surface area (Å²) in [6.45, 7) is 2.61. The minimum Gasteiger partial charge on any atom is -0.316 e.